The highest BCUT2D eigenvalue weighted by Gasteiger charge is 2.26. The molecule has 0 bridgehead atoms. The molecule has 1 atom stereocenters. The van der Waals surface area contributed by atoms with Gasteiger partial charge in [-0.15, -0.1) is 0 Å². The Balaban J connectivity index is 1.52. The average Bonchev–Trinajstić information content (AvgIpc) is 3.57. The molecular formula is C28H27N7O. The zero-order chi connectivity index (χ0) is 24.6. The Bertz CT molecular complexity index is 1470. The highest BCUT2D eigenvalue weighted by Crippen LogP contribution is 2.36. The van der Waals surface area contributed by atoms with Gasteiger partial charge in [0.1, 0.15) is 5.82 Å². The fourth-order valence-electron chi connectivity index (χ4n) is 5.32. The maximum atomic E-state index is 12.2. The molecule has 36 heavy (non-hydrogen) atoms. The molecule has 8 nitrogen and oxygen atoms in total. The third-order valence-electron chi connectivity index (χ3n) is 7.14. The van der Waals surface area contributed by atoms with E-state index in [1.165, 1.54) is 6.42 Å². The number of benzene rings is 1. The quantitative estimate of drug-likeness (QED) is 0.423. The minimum atomic E-state index is 0.118. The van der Waals surface area contributed by atoms with E-state index in [0.29, 0.717) is 30.3 Å². The van der Waals surface area contributed by atoms with Gasteiger partial charge in [-0.1, -0.05) is 19.1 Å². The Morgan fingerprint density at radius 2 is 1.86 bits per heavy atom. The fourth-order valence-corrected chi connectivity index (χ4v) is 5.32. The number of nitrogens with zero attached hydrogens (tertiary/aromatic N) is 7. The smallest absolute Gasteiger partial charge is 0.228 e. The van der Waals surface area contributed by atoms with Crippen LogP contribution in [-0.4, -0.2) is 44.9 Å². The van der Waals surface area contributed by atoms with E-state index >= 15 is 0 Å². The second-order valence-electron chi connectivity index (χ2n) is 9.69. The van der Waals surface area contributed by atoms with E-state index in [2.05, 4.69) is 27.3 Å². The Morgan fingerprint density at radius 1 is 1.03 bits per heavy atom. The van der Waals surface area contributed by atoms with Gasteiger partial charge < -0.3 is 4.90 Å². The van der Waals surface area contributed by atoms with Crippen molar-refractivity contribution in [3.8, 4) is 28.6 Å². The third-order valence-corrected chi connectivity index (χ3v) is 7.14. The lowest BCUT2D eigenvalue weighted by Gasteiger charge is -2.32. The maximum absolute atomic E-state index is 12.2. The van der Waals surface area contributed by atoms with Gasteiger partial charge in [0.05, 0.1) is 23.0 Å². The molecule has 1 aromatic carbocycles. The number of carbonyl (C=O) groups is 1. The minimum absolute atomic E-state index is 0.118. The lowest BCUT2D eigenvalue weighted by atomic mass is 10.00. The Morgan fingerprint density at radius 3 is 2.56 bits per heavy atom. The SMILES string of the molecule is CC1CCCN(c2nc(-c3ccc(C#N)cc3)c(-c3ccc(N4CCCC4=O)nc3)n3ccnc23)C1. The van der Waals surface area contributed by atoms with E-state index < -0.39 is 0 Å². The van der Waals surface area contributed by atoms with Crippen molar-refractivity contribution < 1.29 is 4.79 Å². The van der Waals surface area contributed by atoms with E-state index in [1.807, 2.05) is 55.0 Å². The first kappa shape index (κ1) is 22.2. The molecule has 3 aromatic heterocycles. The van der Waals surface area contributed by atoms with Crippen LogP contribution in [-0.2, 0) is 4.79 Å². The molecular weight excluding hydrogens is 450 g/mol. The van der Waals surface area contributed by atoms with Crippen LogP contribution in [0.1, 0.15) is 38.2 Å². The molecule has 2 fully saturated rings. The zero-order valence-corrected chi connectivity index (χ0v) is 20.3. The van der Waals surface area contributed by atoms with Gasteiger partial charge in [0.25, 0.3) is 0 Å². The summed E-state index contributed by atoms with van der Waals surface area (Å²) in [6, 6.07) is 13.6. The van der Waals surface area contributed by atoms with Crippen LogP contribution in [0, 0.1) is 17.2 Å². The normalized spacial score (nSPS) is 18.1. The van der Waals surface area contributed by atoms with Crippen molar-refractivity contribution in [2.24, 2.45) is 5.92 Å². The molecule has 1 unspecified atom stereocenters. The first-order valence-corrected chi connectivity index (χ1v) is 12.5. The largest absolute Gasteiger partial charge is 0.353 e. The van der Waals surface area contributed by atoms with Crippen molar-refractivity contribution >= 4 is 23.2 Å². The van der Waals surface area contributed by atoms with E-state index in [1.54, 1.807) is 4.90 Å². The van der Waals surface area contributed by atoms with Gasteiger partial charge in [0, 0.05) is 55.8 Å². The number of fused-ring (bicyclic) bond motifs is 1. The van der Waals surface area contributed by atoms with Crippen molar-refractivity contribution in [1.29, 1.82) is 5.26 Å². The van der Waals surface area contributed by atoms with Crippen LogP contribution in [0.25, 0.3) is 28.2 Å². The van der Waals surface area contributed by atoms with E-state index in [4.69, 9.17) is 9.97 Å². The summed E-state index contributed by atoms with van der Waals surface area (Å²) in [6.07, 6.45) is 9.37. The summed E-state index contributed by atoms with van der Waals surface area (Å²) >= 11 is 0. The number of rotatable bonds is 4. The molecule has 0 radical (unpaired) electrons. The number of amides is 1. The zero-order valence-electron chi connectivity index (χ0n) is 20.3. The van der Waals surface area contributed by atoms with Crippen LogP contribution < -0.4 is 9.80 Å². The lowest BCUT2D eigenvalue weighted by molar-refractivity contribution is -0.117. The predicted molar refractivity (Wildman–Crippen MR) is 139 cm³/mol. The fraction of sp³-hybridized carbons (Fsp3) is 0.321. The lowest BCUT2D eigenvalue weighted by Crippen LogP contribution is -2.35. The highest BCUT2D eigenvalue weighted by molar-refractivity contribution is 5.94. The van der Waals surface area contributed by atoms with Crippen LogP contribution in [0.3, 0.4) is 0 Å². The van der Waals surface area contributed by atoms with Gasteiger partial charge in [-0.05, 0) is 49.4 Å². The molecule has 6 rings (SSSR count). The molecule has 4 aromatic rings. The Labute approximate surface area is 209 Å². The van der Waals surface area contributed by atoms with E-state index in [9.17, 15) is 10.1 Å². The molecule has 2 saturated heterocycles. The second-order valence-corrected chi connectivity index (χ2v) is 9.69. The molecule has 2 aliphatic heterocycles. The minimum Gasteiger partial charge on any atom is -0.353 e. The van der Waals surface area contributed by atoms with Gasteiger partial charge >= 0.3 is 0 Å². The number of anilines is 2. The molecule has 180 valence electrons. The topological polar surface area (TPSA) is 90.4 Å². The Kier molecular flexibility index (Phi) is 5.61. The van der Waals surface area contributed by atoms with E-state index in [0.717, 1.165) is 59.9 Å². The van der Waals surface area contributed by atoms with Crippen LogP contribution in [0.4, 0.5) is 11.6 Å². The Hall–Kier alpha value is -4.25. The van der Waals surface area contributed by atoms with Crippen molar-refractivity contribution in [1.82, 2.24) is 19.4 Å². The molecule has 0 aliphatic carbocycles. The van der Waals surface area contributed by atoms with Gasteiger partial charge in [-0.25, -0.2) is 15.0 Å². The van der Waals surface area contributed by atoms with Crippen LogP contribution in [0.5, 0.6) is 0 Å². The molecule has 0 saturated carbocycles. The number of aromatic nitrogens is 4. The van der Waals surface area contributed by atoms with Crippen molar-refractivity contribution in [2.45, 2.75) is 32.6 Å². The molecule has 8 heteroatoms. The van der Waals surface area contributed by atoms with Crippen LogP contribution in [0.2, 0.25) is 0 Å². The van der Waals surface area contributed by atoms with Crippen molar-refractivity contribution in [2.75, 3.05) is 29.4 Å². The summed E-state index contributed by atoms with van der Waals surface area (Å²) in [5.74, 6) is 2.27. The molecule has 2 aliphatic rings. The standard InChI is InChI=1S/C28H27N7O/c1-19-4-2-13-33(18-19)28-27-30-12-15-35(27)26(25(32-28)21-8-6-20(16-29)7-9-21)22-10-11-23(31-17-22)34-14-3-5-24(34)36/h6-12,15,17,19H,2-5,13-14,18H2,1H3. The third kappa shape index (κ3) is 3.87. The molecule has 5 heterocycles. The van der Waals surface area contributed by atoms with Crippen molar-refractivity contribution in [3.05, 3.63) is 60.6 Å². The van der Waals surface area contributed by atoms with Crippen molar-refractivity contribution in [3.63, 3.8) is 0 Å². The van der Waals surface area contributed by atoms with Gasteiger partial charge in [-0.2, -0.15) is 5.26 Å². The van der Waals surface area contributed by atoms with Gasteiger partial charge in [-0.3, -0.25) is 14.1 Å². The average molecular weight is 478 g/mol. The van der Waals surface area contributed by atoms with Gasteiger partial charge in [0.2, 0.25) is 5.91 Å². The molecule has 0 spiro atoms. The summed E-state index contributed by atoms with van der Waals surface area (Å²) in [6.45, 7) is 4.88. The predicted octanol–water partition coefficient (Wildman–Crippen LogP) is 4.69. The summed E-state index contributed by atoms with van der Waals surface area (Å²) in [5.41, 5.74) is 4.92. The number of imidazole rings is 1. The van der Waals surface area contributed by atoms with E-state index in [-0.39, 0.29) is 5.91 Å². The summed E-state index contributed by atoms with van der Waals surface area (Å²) in [5, 5.41) is 9.30. The first-order valence-electron chi connectivity index (χ1n) is 12.5. The number of nitriles is 1. The highest BCUT2D eigenvalue weighted by atomic mass is 16.2. The summed E-state index contributed by atoms with van der Waals surface area (Å²) in [4.78, 5) is 30.9. The first-order chi connectivity index (χ1) is 17.6. The second kappa shape index (κ2) is 9.08. The van der Waals surface area contributed by atoms with Crippen LogP contribution in [0.15, 0.2) is 55.0 Å². The molecule has 0 N–H and O–H groups in total. The molecule has 1 amide bonds. The summed E-state index contributed by atoms with van der Waals surface area (Å²) in [7, 11) is 0. The van der Waals surface area contributed by atoms with Gasteiger partial charge in [0.15, 0.2) is 11.5 Å². The maximum Gasteiger partial charge on any atom is 0.228 e. The number of pyridine rings is 1. The number of piperidine rings is 1. The number of carbonyl (C=O) groups excluding carboxylic acids is 1. The summed E-state index contributed by atoms with van der Waals surface area (Å²) < 4.78 is 2.09. The van der Waals surface area contributed by atoms with Crippen LogP contribution >= 0.6 is 0 Å². The monoisotopic (exact) mass is 477 g/mol. The number of hydrogen-bond donors (Lipinski definition) is 0. The number of hydrogen-bond acceptors (Lipinski definition) is 6.